The second-order valence-corrected chi connectivity index (χ2v) is 6.07. The number of hydrogen-bond donors (Lipinski definition) is 0. The lowest BCUT2D eigenvalue weighted by atomic mass is 10.2. The van der Waals surface area contributed by atoms with Crippen LogP contribution in [0, 0.1) is 12.7 Å². The van der Waals surface area contributed by atoms with E-state index in [9.17, 15) is 13.8 Å². The van der Waals surface area contributed by atoms with Crippen molar-refractivity contribution in [2.45, 2.75) is 20.8 Å². The molecule has 1 aromatic carbocycles. The first-order valence-corrected chi connectivity index (χ1v) is 7.98. The predicted molar refractivity (Wildman–Crippen MR) is 72.5 cm³/mol. The summed E-state index contributed by atoms with van der Waals surface area (Å²) >= 11 is 0. The number of hydrogen-bond acceptors (Lipinski definition) is 5. The van der Waals surface area contributed by atoms with Crippen LogP contribution in [0.4, 0.5) is 4.39 Å². The van der Waals surface area contributed by atoms with Crippen molar-refractivity contribution < 1.29 is 27.5 Å². The molecule has 0 aliphatic rings. The van der Waals surface area contributed by atoms with Crippen LogP contribution in [-0.2, 0) is 18.4 Å². The van der Waals surface area contributed by atoms with Crippen molar-refractivity contribution in [3.8, 4) is 5.75 Å². The van der Waals surface area contributed by atoms with E-state index in [1.807, 2.05) is 0 Å². The third kappa shape index (κ3) is 5.04. The fourth-order valence-electron chi connectivity index (χ4n) is 1.52. The average Bonchev–Trinajstić information content (AvgIpc) is 2.33. The maximum atomic E-state index is 13.5. The van der Waals surface area contributed by atoms with Crippen LogP contribution < -0.4 is 4.74 Å². The van der Waals surface area contributed by atoms with Gasteiger partial charge >= 0.3 is 13.6 Å². The van der Waals surface area contributed by atoms with Gasteiger partial charge < -0.3 is 13.8 Å². The summed E-state index contributed by atoms with van der Waals surface area (Å²) in [5, 5.41) is 0. The van der Waals surface area contributed by atoms with E-state index in [0.717, 1.165) is 0 Å². The summed E-state index contributed by atoms with van der Waals surface area (Å²) in [5.41, 5.74) is 0.705. The summed E-state index contributed by atoms with van der Waals surface area (Å²) < 4.78 is 40.4. The van der Waals surface area contributed by atoms with E-state index >= 15 is 0 Å². The van der Waals surface area contributed by atoms with E-state index in [1.165, 1.54) is 12.1 Å². The molecule has 0 saturated carbocycles. The molecular weight excluding hydrogens is 286 g/mol. The van der Waals surface area contributed by atoms with Crippen LogP contribution in [-0.4, -0.2) is 25.3 Å². The molecule has 0 N–H and O–H groups in total. The highest BCUT2D eigenvalue weighted by molar-refractivity contribution is 7.54. The second kappa shape index (κ2) is 7.53. The van der Waals surface area contributed by atoms with Crippen molar-refractivity contribution in [3.63, 3.8) is 0 Å². The molecule has 0 amide bonds. The number of benzene rings is 1. The van der Waals surface area contributed by atoms with Crippen molar-refractivity contribution >= 4 is 13.6 Å². The monoisotopic (exact) mass is 304 g/mol. The van der Waals surface area contributed by atoms with Crippen molar-refractivity contribution in [2.75, 3.05) is 19.4 Å². The number of rotatable bonds is 7. The molecule has 1 aromatic rings. The first-order chi connectivity index (χ1) is 9.40. The van der Waals surface area contributed by atoms with E-state index < -0.39 is 25.5 Å². The van der Waals surface area contributed by atoms with E-state index in [4.69, 9.17) is 13.8 Å². The lowest BCUT2D eigenvalue weighted by Gasteiger charge is -2.16. The molecule has 0 aliphatic carbocycles. The highest BCUT2D eigenvalue weighted by atomic mass is 31.2. The number of aryl methyl sites for hydroxylation is 1. The Kier molecular flexibility index (Phi) is 6.33. The van der Waals surface area contributed by atoms with Gasteiger partial charge in [0.15, 0.2) is 11.6 Å². The molecule has 0 radical (unpaired) electrons. The third-order valence-corrected chi connectivity index (χ3v) is 4.23. The fourth-order valence-corrected chi connectivity index (χ4v) is 2.95. The molecule has 0 saturated heterocycles. The standard InChI is InChI=1S/C13H18FO5P/c1-4-17-20(16,18-5-2)9-13(15)19-12-7-6-10(3)8-11(12)14/h6-8H,4-5,9H2,1-3H3. The molecule has 20 heavy (non-hydrogen) atoms. The summed E-state index contributed by atoms with van der Waals surface area (Å²) in [6.45, 7) is 5.27. The van der Waals surface area contributed by atoms with Crippen LogP contribution in [0.25, 0.3) is 0 Å². The molecule has 0 heterocycles. The highest BCUT2D eigenvalue weighted by Gasteiger charge is 2.29. The van der Waals surface area contributed by atoms with E-state index in [2.05, 4.69) is 0 Å². The molecule has 0 unspecified atom stereocenters. The minimum absolute atomic E-state index is 0.142. The van der Waals surface area contributed by atoms with Crippen LogP contribution in [0.1, 0.15) is 19.4 Å². The first-order valence-electron chi connectivity index (χ1n) is 6.25. The number of halogens is 1. The maximum absolute atomic E-state index is 13.5. The van der Waals surface area contributed by atoms with Gasteiger partial charge in [0.1, 0.15) is 6.16 Å². The Hall–Kier alpha value is -1.23. The SMILES string of the molecule is CCOP(=O)(CC(=O)Oc1ccc(C)cc1F)OCC. The Morgan fingerprint density at radius 1 is 1.25 bits per heavy atom. The molecule has 0 aliphatic heterocycles. The summed E-state index contributed by atoms with van der Waals surface area (Å²) in [6, 6.07) is 4.19. The quantitative estimate of drug-likeness (QED) is 0.439. The van der Waals surface area contributed by atoms with Crippen LogP contribution in [0.2, 0.25) is 0 Å². The van der Waals surface area contributed by atoms with Crippen molar-refractivity contribution in [2.24, 2.45) is 0 Å². The topological polar surface area (TPSA) is 61.8 Å². The van der Waals surface area contributed by atoms with Gasteiger partial charge in [-0.25, -0.2) is 4.39 Å². The summed E-state index contributed by atoms with van der Waals surface area (Å²) in [6.07, 6.45) is -0.554. The zero-order valence-electron chi connectivity index (χ0n) is 11.7. The Balaban J connectivity index is 2.73. The second-order valence-electron chi connectivity index (χ2n) is 4.01. The number of ether oxygens (including phenoxy) is 1. The average molecular weight is 304 g/mol. The third-order valence-electron chi connectivity index (χ3n) is 2.29. The Morgan fingerprint density at radius 3 is 2.35 bits per heavy atom. The molecule has 0 atom stereocenters. The smallest absolute Gasteiger partial charge is 0.341 e. The van der Waals surface area contributed by atoms with Crippen LogP contribution in [0.5, 0.6) is 5.75 Å². The molecule has 7 heteroatoms. The summed E-state index contributed by atoms with van der Waals surface area (Å²) in [5.74, 6) is -1.72. The maximum Gasteiger partial charge on any atom is 0.341 e. The van der Waals surface area contributed by atoms with Gasteiger partial charge in [-0.2, -0.15) is 0 Å². The molecule has 112 valence electrons. The first kappa shape index (κ1) is 16.8. The van der Waals surface area contributed by atoms with Gasteiger partial charge in [0, 0.05) is 0 Å². The zero-order chi connectivity index (χ0) is 15.2. The van der Waals surface area contributed by atoms with Crippen LogP contribution in [0.15, 0.2) is 18.2 Å². The molecule has 5 nitrogen and oxygen atoms in total. The lowest BCUT2D eigenvalue weighted by Crippen LogP contribution is -2.16. The van der Waals surface area contributed by atoms with Gasteiger partial charge in [-0.1, -0.05) is 6.07 Å². The van der Waals surface area contributed by atoms with E-state index in [0.29, 0.717) is 5.56 Å². The fraction of sp³-hybridized carbons (Fsp3) is 0.462. The van der Waals surface area contributed by atoms with Gasteiger partial charge in [-0.15, -0.1) is 0 Å². The van der Waals surface area contributed by atoms with E-state index in [-0.39, 0.29) is 19.0 Å². The largest absolute Gasteiger partial charge is 0.423 e. The normalized spacial score (nSPS) is 11.4. The lowest BCUT2D eigenvalue weighted by molar-refractivity contribution is -0.132. The summed E-state index contributed by atoms with van der Waals surface area (Å²) in [7, 11) is -3.53. The van der Waals surface area contributed by atoms with Gasteiger partial charge in [0.2, 0.25) is 0 Å². The van der Waals surface area contributed by atoms with Crippen molar-refractivity contribution in [1.82, 2.24) is 0 Å². The molecule has 1 rings (SSSR count). The molecule has 0 spiro atoms. The summed E-state index contributed by atoms with van der Waals surface area (Å²) in [4.78, 5) is 11.7. The molecule has 0 bridgehead atoms. The molecule has 0 fully saturated rings. The van der Waals surface area contributed by atoms with Gasteiger partial charge in [0.05, 0.1) is 13.2 Å². The van der Waals surface area contributed by atoms with Gasteiger partial charge in [0.25, 0.3) is 0 Å². The minimum atomic E-state index is -3.53. The molecule has 0 aromatic heterocycles. The predicted octanol–water partition coefficient (Wildman–Crippen LogP) is 3.31. The van der Waals surface area contributed by atoms with Crippen LogP contribution >= 0.6 is 7.60 Å². The highest BCUT2D eigenvalue weighted by Crippen LogP contribution is 2.47. The minimum Gasteiger partial charge on any atom is -0.423 e. The molecular formula is C13H18FO5P. The van der Waals surface area contributed by atoms with Crippen LogP contribution in [0.3, 0.4) is 0 Å². The van der Waals surface area contributed by atoms with Gasteiger partial charge in [-0.3, -0.25) is 9.36 Å². The zero-order valence-corrected chi connectivity index (χ0v) is 12.6. The van der Waals surface area contributed by atoms with Gasteiger partial charge in [-0.05, 0) is 38.5 Å². The Bertz CT molecular complexity index is 507. The van der Waals surface area contributed by atoms with E-state index in [1.54, 1.807) is 26.8 Å². The number of carbonyl (C=O) groups excluding carboxylic acids is 1. The number of esters is 1. The van der Waals surface area contributed by atoms with Crippen molar-refractivity contribution in [1.29, 1.82) is 0 Å². The Labute approximate surface area is 117 Å². The number of carbonyl (C=O) groups is 1. The van der Waals surface area contributed by atoms with Crippen molar-refractivity contribution in [3.05, 3.63) is 29.6 Å². The Morgan fingerprint density at radius 2 is 1.85 bits per heavy atom.